The van der Waals surface area contributed by atoms with Gasteiger partial charge in [-0.1, -0.05) is 31.2 Å². The largest absolute Gasteiger partial charge is 0.496 e. The van der Waals surface area contributed by atoms with Crippen LogP contribution < -0.4 is 10.5 Å². The summed E-state index contributed by atoms with van der Waals surface area (Å²) in [6, 6.07) is 14.5. The number of nitrogens with two attached hydrogens (primary N) is 1. The maximum atomic E-state index is 5.83. The third-order valence-electron chi connectivity index (χ3n) is 3.90. The average molecular weight is 280 g/mol. The second-order valence-electron chi connectivity index (χ2n) is 5.22. The van der Waals surface area contributed by atoms with E-state index in [9.17, 15) is 0 Å². The normalized spacial score (nSPS) is 11.0. The van der Waals surface area contributed by atoms with Gasteiger partial charge >= 0.3 is 0 Å². The smallest absolute Gasteiger partial charge is 0.125 e. The fourth-order valence-corrected chi connectivity index (χ4v) is 2.83. The number of aryl methyl sites for hydroxylation is 1. The summed E-state index contributed by atoms with van der Waals surface area (Å²) in [7, 11) is 1.68. The van der Waals surface area contributed by atoms with E-state index in [0.29, 0.717) is 0 Å². The number of ether oxygens (including phenoxy) is 1. The Labute approximate surface area is 125 Å². The Hall–Kier alpha value is -2.42. The summed E-state index contributed by atoms with van der Waals surface area (Å²) >= 11 is 0. The first-order valence-corrected chi connectivity index (χ1v) is 7.22. The monoisotopic (exact) mass is 280 g/mol. The van der Waals surface area contributed by atoms with E-state index < -0.39 is 0 Å². The van der Waals surface area contributed by atoms with Crippen LogP contribution in [0.3, 0.4) is 0 Å². The number of fused-ring (bicyclic) bond motifs is 1. The Bertz CT molecular complexity index is 774. The fraction of sp³-hybridized carbons (Fsp3) is 0.222. The molecule has 2 aromatic carbocycles. The van der Waals surface area contributed by atoms with Crippen molar-refractivity contribution in [3.05, 3.63) is 59.8 Å². The lowest BCUT2D eigenvalue weighted by atomic mass is 10.1. The molecule has 0 saturated heterocycles. The number of methoxy groups -OCH3 is 1. The molecule has 0 radical (unpaired) electrons. The molecule has 0 spiro atoms. The SMILES string of the molecule is CCc1cccc2ccn(Cc3ccc(N)cc3OC)c12. The number of hydrogen-bond acceptors (Lipinski definition) is 2. The van der Waals surface area contributed by atoms with Crippen LogP contribution >= 0.6 is 0 Å². The Kier molecular flexibility index (Phi) is 3.57. The number of benzene rings is 2. The summed E-state index contributed by atoms with van der Waals surface area (Å²) in [6.45, 7) is 2.97. The van der Waals surface area contributed by atoms with E-state index in [1.807, 2.05) is 18.2 Å². The molecule has 0 aliphatic heterocycles. The van der Waals surface area contributed by atoms with Crippen molar-refractivity contribution in [3.63, 3.8) is 0 Å². The van der Waals surface area contributed by atoms with Gasteiger partial charge in [0.05, 0.1) is 19.2 Å². The van der Waals surface area contributed by atoms with E-state index >= 15 is 0 Å². The summed E-state index contributed by atoms with van der Waals surface area (Å²) in [5, 5.41) is 1.28. The minimum absolute atomic E-state index is 0.724. The molecule has 0 amide bonds. The van der Waals surface area contributed by atoms with Crippen molar-refractivity contribution in [3.8, 4) is 5.75 Å². The van der Waals surface area contributed by atoms with Gasteiger partial charge in [-0.05, 0) is 29.5 Å². The highest BCUT2D eigenvalue weighted by atomic mass is 16.5. The number of nitrogen functional groups attached to an aromatic ring is 1. The maximum absolute atomic E-state index is 5.83. The number of nitrogens with zero attached hydrogens (tertiary/aromatic N) is 1. The van der Waals surface area contributed by atoms with Crippen molar-refractivity contribution in [1.29, 1.82) is 0 Å². The van der Waals surface area contributed by atoms with Crippen LogP contribution in [-0.2, 0) is 13.0 Å². The molecule has 0 aliphatic carbocycles. The molecule has 1 heterocycles. The maximum Gasteiger partial charge on any atom is 0.125 e. The van der Waals surface area contributed by atoms with Gasteiger partial charge in [0.15, 0.2) is 0 Å². The van der Waals surface area contributed by atoms with Crippen LogP contribution in [0.4, 0.5) is 5.69 Å². The molecule has 0 aliphatic rings. The van der Waals surface area contributed by atoms with Crippen molar-refractivity contribution in [2.45, 2.75) is 19.9 Å². The highest BCUT2D eigenvalue weighted by Gasteiger charge is 2.09. The zero-order chi connectivity index (χ0) is 14.8. The standard InChI is InChI=1S/C18H20N2O/c1-3-13-5-4-6-14-9-10-20(18(13)14)12-15-7-8-16(19)11-17(15)21-2/h4-11H,3,12,19H2,1-2H3. The van der Waals surface area contributed by atoms with Crippen molar-refractivity contribution in [2.24, 2.45) is 0 Å². The molecule has 0 unspecified atom stereocenters. The number of rotatable bonds is 4. The molecule has 0 atom stereocenters. The van der Waals surface area contributed by atoms with Crippen LogP contribution in [0.1, 0.15) is 18.1 Å². The first-order valence-electron chi connectivity index (χ1n) is 7.22. The number of anilines is 1. The summed E-state index contributed by atoms with van der Waals surface area (Å²) in [5.41, 5.74) is 10.4. The quantitative estimate of drug-likeness (QED) is 0.737. The molecule has 0 saturated carbocycles. The van der Waals surface area contributed by atoms with Crippen LogP contribution in [0.25, 0.3) is 10.9 Å². The molecule has 21 heavy (non-hydrogen) atoms. The zero-order valence-electron chi connectivity index (χ0n) is 12.5. The van der Waals surface area contributed by atoms with Gasteiger partial charge in [-0.3, -0.25) is 0 Å². The summed E-state index contributed by atoms with van der Waals surface area (Å²) in [5.74, 6) is 0.839. The Morgan fingerprint density at radius 2 is 1.95 bits per heavy atom. The molecule has 3 aromatic rings. The van der Waals surface area contributed by atoms with Gasteiger partial charge < -0.3 is 15.0 Å². The molecule has 108 valence electrons. The van der Waals surface area contributed by atoms with Crippen molar-refractivity contribution >= 4 is 16.6 Å². The van der Waals surface area contributed by atoms with Crippen molar-refractivity contribution in [1.82, 2.24) is 4.57 Å². The number of hydrogen-bond donors (Lipinski definition) is 1. The lowest BCUT2D eigenvalue weighted by Gasteiger charge is -2.12. The Balaban J connectivity index is 2.06. The topological polar surface area (TPSA) is 40.2 Å². The van der Waals surface area contributed by atoms with Gasteiger partial charge in [-0.25, -0.2) is 0 Å². The second-order valence-corrected chi connectivity index (χ2v) is 5.22. The number of para-hydroxylation sites is 1. The highest BCUT2D eigenvalue weighted by Crippen LogP contribution is 2.26. The van der Waals surface area contributed by atoms with E-state index in [4.69, 9.17) is 10.5 Å². The van der Waals surface area contributed by atoms with Crippen LogP contribution in [-0.4, -0.2) is 11.7 Å². The van der Waals surface area contributed by atoms with E-state index in [1.54, 1.807) is 7.11 Å². The van der Waals surface area contributed by atoms with Crippen LogP contribution in [0.2, 0.25) is 0 Å². The summed E-state index contributed by atoms with van der Waals surface area (Å²) in [4.78, 5) is 0. The lowest BCUT2D eigenvalue weighted by molar-refractivity contribution is 0.409. The number of aromatic nitrogens is 1. The average Bonchev–Trinajstić information content (AvgIpc) is 2.92. The molecule has 3 nitrogen and oxygen atoms in total. The third-order valence-corrected chi connectivity index (χ3v) is 3.90. The second kappa shape index (κ2) is 5.52. The molecule has 3 rings (SSSR count). The van der Waals surface area contributed by atoms with Gasteiger partial charge in [0.1, 0.15) is 5.75 Å². The minimum atomic E-state index is 0.724. The van der Waals surface area contributed by atoms with Gasteiger partial charge in [-0.15, -0.1) is 0 Å². The minimum Gasteiger partial charge on any atom is -0.496 e. The van der Waals surface area contributed by atoms with Crippen LogP contribution in [0, 0.1) is 0 Å². The van der Waals surface area contributed by atoms with Gasteiger partial charge in [0.25, 0.3) is 0 Å². The summed E-state index contributed by atoms with van der Waals surface area (Å²) < 4.78 is 7.73. The molecule has 1 aromatic heterocycles. The summed E-state index contributed by atoms with van der Waals surface area (Å²) in [6.07, 6.45) is 3.17. The zero-order valence-corrected chi connectivity index (χ0v) is 12.5. The van der Waals surface area contributed by atoms with Crippen molar-refractivity contribution in [2.75, 3.05) is 12.8 Å². The van der Waals surface area contributed by atoms with Crippen LogP contribution in [0.5, 0.6) is 5.75 Å². The van der Waals surface area contributed by atoms with Crippen molar-refractivity contribution < 1.29 is 4.74 Å². The van der Waals surface area contributed by atoms with E-state index in [-0.39, 0.29) is 0 Å². The third kappa shape index (κ3) is 2.47. The lowest BCUT2D eigenvalue weighted by Crippen LogP contribution is -2.02. The predicted octanol–water partition coefficient (Wildman–Crippen LogP) is 3.84. The first-order chi connectivity index (χ1) is 10.2. The molecular weight excluding hydrogens is 260 g/mol. The molecule has 0 bridgehead atoms. The fourth-order valence-electron chi connectivity index (χ4n) is 2.83. The van der Waals surface area contributed by atoms with E-state index in [1.165, 1.54) is 16.5 Å². The van der Waals surface area contributed by atoms with E-state index in [0.717, 1.165) is 30.0 Å². The van der Waals surface area contributed by atoms with Gasteiger partial charge in [0.2, 0.25) is 0 Å². The molecular formula is C18H20N2O. The predicted molar refractivity (Wildman–Crippen MR) is 87.8 cm³/mol. The molecule has 3 heteroatoms. The van der Waals surface area contributed by atoms with Crippen LogP contribution in [0.15, 0.2) is 48.7 Å². The van der Waals surface area contributed by atoms with Gasteiger partial charge in [-0.2, -0.15) is 0 Å². The molecule has 0 fully saturated rings. The first kappa shape index (κ1) is 13.6. The van der Waals surface area contributed by atoms with E-state index in [2.05, 4.69) is 42.0 Å². The Morgan fingerprint density at radius 3 is 2.71 bits per heavy atom. The molecule has 2 N–H and O–H groups in total. The highest BCUT2D eigenvalue weighted by molar-refractivity contribution is 5.83. The Morgan fingerprint density at radius 1 is 1.10 bits per heavy atom. The van der Waals surface area contributed by atoms with Gasteiger partial charge in [0, 0.05) is 23.5 Å².